The average Bonchev–Trinajstić information content (AvgIpc) is 3.12. The molecular weight excluding hydrogens is 507 g/mol. The zero-order valence-corrected chi connectivity index (χ0v) is 17.9. The highest BCUT2D eigenvalue weighted by molar-refractivity contribution is 7.66. The van der Waals surface area contributed by atoms with E-state index in [9.17, 15) is 43.4 Å². The Balaban J connectivity index is 1.72. The monoisotopic (exact) mass is 521 g/mol. The fourth-order valence-corrected chi connectivity index (χ4v) is 5.65. The number of hydrogen-bond acceptors (Lipinski definition) is 15. The molecule has 1 saturated heterocycles. The summed E-state index contributed by atoms with van der Waals surface area (Å²) in [5, 5.41) is 20.4. The number of imidazole rings is 1. The highest BCUT2D eigenvalue weighted by atomic mass is 31.3. The van der Waals surface area contributed by atoms with Crippen molar-refractivity contribution in [3.63, 3.8) is 0 Å². The Bertz CT molecular complexity index is 1210. The molecule has 1 aliphatic heterocycles. The molecule has 6 unspecified atom stereocenters. The summed E-state index contributed by atoms with van der Waals surface area (Å²) >= 11 is 0. The number of phosphoric acid groups is 3. The lowest BCUT2D eigenvalue weighted by Crippen LogP contribution is -2.33. The highest BCUT2D eigenvalue weighted by Gasteiger charge is 2.46. The van der Waals surface area contributed by atoms with Crippen LogP contribution in [0.15, 0.2) is 11.1 Å². The van der Waals surface area contributed by atoms with E-state index in [-0.39, 0.29) is 17.1 Å². The van der Waals surface area contributed by atoms with Gasteiger partial charge in [-0.1, -0.05) is 0 Å². The van der Waals surface area contributed by atoms with Crippen molar-refractivity contribution in [2.24, 2.45) is 0 Å². The fourth-order valence-electron chi connectivity index (χ4n) is 2.69. The number of aromatic nitrogens is 4. The van der Waals surface area contributed by atoms with E-state index >= 15 is 0 Å². The quantitative estimate of drug-likeness (QED) is 0.183. The van der Waals surface area contributed by atoms with E-state index in [1.165, 1.54) is 0 Å². The van der Waals surface area contributed by atoms with Gasteiger partial charge in [0, 0.05) is 0 Å². The zero-order valence-electron chi connectivity index (χ0n) is 15.2. The summed E-state index contributed by atoms with van der Waals surface area (Å²) in [6.45, 7) is -1.04. The van der Waals surface area contributed by atoms with E-state index in [4.69, 9.17) is 15.4 Å². The number of hydrogen-bond donors (Lipinski definition) is 6. The lowest BCUT2D eigenvalue weighted by Gasteiger charge is -2.29. The molecule has 0 bridgehead atoms. The average molecular weight is 521 g/mol. The van der Waals surface area contributed by atoms with Gasteiger partial charge in [-0.25, -0.2) is 14.1 Å². The molecule has 2 aromatic rings. The molecule has 0 saturated carbocycles. The molecule has 0 aliphatic carbocycles. The molecule has 0 aromatic carbocycles. The second-order valence-corrected chi connectivity index (χ2v) is 10.5. The molecule has 1 aliphatic rings. The number of nitrogens with zero attached hydrogens (tertiary/aromatic N) is 3. The predicted molar refractivity (Wildman–Crippen MR) is 93.9 cm³/mol. The Kier molecular flexibility index (Phi) is 6.78. The first kappa shape index (κ1) is 25.1. The second kappa shape index (κ2) is 8.66. The number of aliphatic hydroxyl groups is 2. The first-order valence-corrected chi connectivity index (χ1v) is 12.5. The van der Waals surface area contributed by atoms with Gasteiger partial charge in [0.1, 0.15) is 18.3 Å². The first-order valence-electron chi connectivity index (χ1n) is 8.07. The van der Waals surface area contributed by atoms with Gasteiger partial charge >= 0.3 is 15.6 Å². The number of nitrogens with two attached hydrogens (primary N) is 1. The topological polar surface area (TPSA) is 305 Å². The van der Waals surface area contributed by atoms with Crippen LogP contribution in [0.3, 0.4) is 0 Å². The van der Waals surface area contributed by atoms with Crippen molar-refractivity contribution in [2.75, 3.05) is 12.3 Å². The molecule has 0 spiro atoms. The number of nitrogen functional groups attached to an aromatic ring is 1. The van der Waals surface area contributed by atoms with Gasteiger partial charge in [-0.3, -0.25) is 23.2 Å². The summed E-state index contributed by atoms with van der Waals surface area (Å²) in [6, 6.07) is 0. The number of nitrogens with one attached hydrogen (secondary N) is 1. The number of aliphatic hydroxyl groups excluding tert-OH is 2. The zero-order chi connectivity index (χ0) is 24.1. The van der Waals surface area contributed by atoms with Gasteiger partial charge in [0.05, 0.1) is 20.8 Å². The van der Waals surface area contributed by atoms with Gasteiger partial charge in [0.2, 0.25) is 5.95 Å². The van der Waals surface area contributed by atoms with Gasteiger partial charge in [-0.05, 0) is 0 Å². The van der Waals surface area contributed by atoms with Crippen molar-refractivity contribution in [2.45, 2.75) is 24.5 Å². The van der Waals surface area contributed by atoms with E-state index in [0.29, 0.717) is 0 Å². The molecule has 2 aromatic heterocycles. The Hall–Kier alpha value is -1.56. The lowest BCUT2D eigenvalue weighted by atomic mass is 10.1. The van der Waals surface area contributed by atoms with Crippen molar-refractivity contribution in [3.8, 4) is 0 Å². The fraction of sp³-hybridized carbons (Fsp3) is 0.500. The maximum Gasteiger partial charge on any atom is 0.484 e. The smallest absolute Gasteiger partial charge is 0.484 e. The highest BCUT2D eigenvalue weighted by Crippen LogP contribution is 2.64. The lowest BCUT2D eigenvalue weighted by molar-refractivity contribution is -0.334. The van der Waals surface area contributed by atoms with Crippen LogP contribution in [0.5, 0.6) is 0 Å². The number of fused-ring (bicyclic) bond motifs is 1. The molecule has 0 amide bonds. The van der Waals surface area contributed by atoms with E-state index in [2.05, 4.69) is 28.1 Å². The third-order valence-electron chi connectivity index (χ3n) is 3.87. The molecule has 22 heteroatoms. The number of aromatic amines is 1. The maximum atomic E-state index is 11.8. The summed E-state index contributed by atoms with van der Waals surface area (Å²) in [5.41, 5.74) is 4.46. The van der Waals surface area contributed by atoms with Crippen LogP contribution in [-0.2, 0) is 31.6 Å². The summed E-state index contributed by atoms with van der Waals surface area (Å²) in [5.74, 6) is -0.285. The van der Waals surface area contributed by atoms with E-state index in [0.717, 1.165) is 10.9 Å². The summed E-state index contributed by atoms with van der Waals surface area (Å²) in [7, 11) is -17.5. The van der Waals surface area contributed by atoms with Crippen molar-refractivity contribution in [1.82, 2.24) is 19.5 Å². The number of H-pyrrole nitrogens is 1. The van der Waals surface area contributed by atoms with Gasteiger partial charge in [0.25, 0.3) is 5.56 Å². The standard InChI is InChI=1S/C10H16N5O14P3/c11-10-13-7-4(8(18)14-10)12-2-15(7)9-6(17)5(16)3(27-9)1-26-31(22,23)29-32(24,25)28-30(19,20)21/h2-3,5-6,9,16-17H,1H2,(H,22,23)(H,24,25)(H2,19,20,21)(H3,11,13,14,18)/p-2. The number of ether oxygens (including phenoxy) is 1. The van der Waals surface area contributed by atoms with Crippen molar-refractivity contribution < 1.29 is 61.4 Å². The molecule has 3 rings (SSSR count). The summed E-state index contributed by atoms with van der Waals surface area (Å²) in [6.07, 6.45) is -5.42. The first-order chi connectivity index (χ1) is 14.6. The maximum absolute atomic E-state index is 11.8. The summed E-state index contributed by atoms with van der Waals surface area (Å²) < 4.78 is 50.9. The molecule has 32 heavy (non-hydrogen) atoms. The van der Waals surface area contributed by atoms with Crippen LogP contribution in [-0.4, -0.2) is 64.4 Å². The van der Waals surface area contributed by atoms with Gasteiger partial charge in [-0.15, -0.1) is 0 Å². The van der Waals surface area contributed by atoms with Crippen LogP contribution < -0.4 is 21.1 Å². The van der Waals surface area contributed by atoms with Crippen LogP contribution in [0.2, 0.25) is 0 Å². The van der Waals surface area contributed by atoms with E-state index in [1.807, 2.05) is 0 Å². The third-order valence-corrected chi connectivity index (χ3v) is 7.63. The Morgan fingerprint density at radius 3 is 2.47 bits per heavy atom. The molecule has 19 nitrogen and oxygen atoms in total. The number of anilines is 1. The molecule has 1 fully saturated rings. The predicted octanol–water partition coefficient (Wildman–Crippen LogP) is -3.60. The van der Waals surface area contributed by atoms with Crippen LogP contribution in [0, 0.1) is 0 Å². The largest absolute Gasteiger partial charge is 0.789 e. The van der Waals surface area contributed by atoms with Crippen molar-refractivity contribution in [3.05, 3.63) is 16.7 Å². The second-order valence-electron chi connectivity index (χ2n) is 6.16. The minimum atomic E-state index is -6.07. The third kappa shape index (κ3) is 5.67. The minimum absolute atomic E-state index is 0.127. The molecule has 0 radical (unpaired) electrons. The van der Waals surface area contributed by atoms with Crippen LogP contribution in [0.25, 0.3) is 11.2 Å². The normalized spacial score (nSPS) is 27.9. The van der Waals surface area contributed by atoms with Crippen molar-refractivity contribution in [1.29, 1.82) is 0 Å². The Labute approximate surface area is 175 Å². The molecule has 7 N–H and O–H groups in total. The minimum Gasteiger partial charge on any atom is -0.789 e. The number of phosphoric ester groups is 1. The van der Waals surface area contributed by atoms with E-state index < -0.39 is 60.2 Å². The SMILES string of the molecule is Nc1nc2c(ncn2C2OC(COP(=O)(O)OP(=O)(O)OP(=O)([O-])[O-])C(O)C2O)c(=O)[nH]1. The van der Waals surface area contributed by atoms with Crippen molar-refractivity contribution >= 4 is 40.6 Å². The number of rotatable bonds is 8. The van der Waals surface area contributed by atoms with E-state index in [1.54, 1.807) is 0 Å². The van der Waals surface area contributed by atoms with Gasteiger partial charge in [0.15, 0.2) is 17.4 Å². The molecule has 3 heterocycles. The van der Waals surface area contributed by atoms with Crippen LogP contribution in [0.4, 0.5) is 5.95 Å². The summed E-state index contributed by atoms with van der Waals surface area (Å²) in [4.78, 5) is 60.9. The van der Waals surface area contributed by atoms with Crippen LogP contribution in [0.1, 0.15) is 6.23 Å². The van der Waals surface area contributed by atoms with Gasteiger partial charge in [-0.2, -0.15) is 9.29 Å². The van der Waals surface area contributed by atoms with Gasteiger partial charge < -0.3 is 44.8 Å². The molecule has 6 atom stereocenters. The molecular formula is C10H14N5O14P3-2. The Morgan fingerprint density at radius 1 is 1.19 bits per heavy atom. The van der Waals surface area contributed by atoms with Crippen LogP contribution >= 0.6 is 23.5 Å². The molecule has 180 valence electrons. The Morgan fingerprint density at radius 2 is 1.84 bits per heavy atom.